The van der Waals surface area contributed by atoms with Crippen LogP contribution in [-0.2, 0) is 12.8 Å². The quantitative estimate of drug-likeness (QED) is 0.527. The molecule has 0 aliphatic carbocycles. The second-order valence-electron chi connectivity index (χ2n) is 7.24. The average molecular weight is 357 g/mol. The number of aliphatic hydroxyl groups excluding tert-OH is 3. The van der Waals surface area contributed by atoms with Gasteiger partial charge in [-0.3, -0.25) is 0 Å². The van der Waals surface area contributed by atoms with E-state index in [9.17, 15) is 15.3 Å². The molecule has 26 heavy (non-hydrogen) atoms. The van der Waals surface area contributed by atoms with E-state index in [1.165, 1.54) is 29.5 Å². The summed E-state index contributed by atoms with van der Waals surface area (Å²) in [6.07, 6.45) is 3.71. The van der Waals surface area contributed by atoms with Crippen molar-refractivity contribution in [2.45, 2.75) is 50.7 Å². The van der Waals surface area contributed by atoms with E-state index < -0.39 is 11.6 Å². The summed E-state index contributed by atoms with van der Waals surface area (Å²) in [4.78, 5) is 0. The fraction of sp³-hybridized carbons (Fsp3) is 0.455. The van der Waals surface area contributed by atoms with Crippen LogP contribution in [0.4, 0.5) is 0 Å². The molecule has 1 unspecified atom stereocenters. The van der Waals surface area contributed by atoms with Gasteiger partial charge in [0.1, 0.15) is 0 Å². The summed E-state index contributed by atoms with van der Waals surface area (Å²) in [5, 5.41) is 28.8. The highest BCUT2D eigenvalue weighted by Gasteiger charge is 2.27. The van der Waals surface area contributed by atoms with E-state index in [1.807, 2.05) is 24.3 Å². The number of nitrogens with two attached hydrogens (primary N) is 1. The number of aliphatic hydroxyl groups is 3. The highest BCUT2D eigenvalue weighted by molar-refractivity contribution is 5.31. The van der Waals surface area contributed by atoms with Crippen molar-refractivity contribution in [3.05, 3.63) is 70.8 Å². The molecule has 0 fully saturated rings. The Balaban J connectivity index is 1.96. The number of unbranched alkanes of at least 4 members (excludes halogenated alkanes) is 1. The molecule has 142 valence electrons. The van der Waals surface area contributed by atoms with Gasteiger partial charge in [0.2, 0.25) is 0 Å². The predicted octanol–water partition coefficient (Wildman–Crippen LogP) is 2.73. The standard InChI is InChI=1S/C22H31NO3/c1-2-3-4-17-5-7-18(8-6-17)13-19-9-11-20(12-10-19)21(26)14-22(23,15-24)16-25/h5-12,21,24-26H,2-4,13-16,23H2,1H3. The first-order valence-electron chi connectivity index (χ1n) is 9.35. The van der Waals surface area contributed by atoms with E-state index in [-0.39, 0.29) is 19.6 Å². The van der Waals surface area contributed by atoms with Gasteiger partial charge in [0, 0.05) is 0 Å². The summed E-state index contributed by atoms with van der Waals surface area (Å²) in [7, 11) is 0. The van der Waals surface area contributed by atoms with Gasteiger partial charge in [0.15, 0.2) is 0 Å². The SMILES string of the molecule is CCCCc1ccc(Cc2ccc(C(O)CC(N)(CO)CO)cc2)cc1. The van der Waals surface area contributed by atoms with Crippen LogP contribution < -0.4 is 5.73 Å². The molecule has 4 heteroatoms. The maximum Gasteiger partial charge on any atom is 0.0809 e. The highest BCUT2D eigenvalue weighted by Crippen LogP contribution is 2.23. The van der Waals surface area contributed by atoms with Crippen molar-refractivity contribution in [3.8, 4) is 0 Å². The maximum atomic E-state index is 10.3. The Morgan fingerprint density at radius 2 is 1.38 bits per heavy atom. The normalized spacial score (nSPS) is 13.0. The Labute approximate surface area is 156 Å². The van der Waals surface area contributed by atoms with Crippen LogP contribution in [0.3, 0.4) is 0 Å². The van der Waals surface area contributed by atoms with E-state index in [2.05, 4.69) is 31.2 Å². The van der Waals surface area contributed by atoms with Crippen molar-refractivity contribution in [3.63, 3.8) is 0 Å². The van der Waals surface area contributed by atoms with Crippen molar-refractivity contribution in [2.75, 3.05) is 13.2 Å². The molecule has 0 bridgehead atoms. The first kappa shape index (κ1) is 20.6. The van der Waals surface area contributed by atoms with E-state index in [0.29, 0.717) is 0 Å². The minimum atomic E-state index is -1.17. The minimum absolute atomic E-state index is 0.110. The summed E-state index contributed by atoms with van der Waals surface area (Å²) in [5.74, 6) is 0. The lowest BCUT2D eigenvalue weighted by Gasteiger charge is -2.27. The van der Waals surface area contributed by atoms with Crippen LogP contribution in [0.25, 0.3) is 0 Å². The number of rotatable bonds is 10. The van der Waals surface area contributed by atoms with Crippen molar-refractivity contribution in [2.24, 2.45) is 5.73 Å². The third kappa shape index (κ3) is 5.92. The van der Waals surface area contributed by atoms with Crippen LogP contribution >= 0.6 is 0 Å². The van der Waals surface area contributed by atoms with Gasteiger partial charge in [-0.15, -0.1) is 0 Å². The molecule has 0 amide bonds. The number of aryl methyl sites for hydroxylation is 1. The first-order chi connectivity index (χ1) is 12.5. The first-order valence-corrected chi connectivity index (χ1v) is 9.35. The van der Waals surface area contributed by atoms with E-state index in [4.69, 9.17) is 5.73 Å². The molecule has 0 aromatic heterocycles. The molecule has 0 spiro atoms. The van der Waals surface area contributed by atoms with Gasteiger partial charge in [-0.1, -0.05) is 61.9 Å². The maximum absolute atomic E-state index is 10.3. The topological polar surface area (TPSA) is 86.7 Å². The molecule has 4 nitrogen and oxygen atoms in total. The third-order valence-electron chi connectivity index (χ3n) is 4.84. The van der Waals surface area contributed by atoms with Gasteiger partial charge in [-0.2, -0.15) is 0 Å². The summed E-state index contributed by atoms with van der Waals surface area (Å²) >= 11 is 0. The van der Waals surface area contributed by atoms with Gasteiger partial charge in [0.25, 0.3) is 0 Å². The summed E-state index contributed by atoms with van der Waals surface area (Å²) in [6, 6.07) is 16.5. The van der Waals surface area contributed by atoms with Gasteiger partial charge < -0.3 is 21.1 Å². The molecular weight excluding hydrogens is 326 g/mol. The monoisotopic (exact) mass is 357 g/mol. The fourth-order valence-electron chi connectivity index (χ4n) is 2.98. The lowest BCUT2D eigenvalue weighted by molar-refractivity contribution is 0.0618. The molecule has 0 saturated carbocycles. The lowest BCUT2D eigenvalue weighted by atomic mass is 9.91. The molecule has 0 radical (unpaired) electrons. The zero-order chi connectivity index (χ0) is 19.0. The van der Waals surface area contributed by atoms with Crippen LogP contribution in [0.2, 0.25) is 0 Å². The smallest absolute Gasteiger partial charge is 0.0809 e. The Morgan fingerprint density at radius 3 is 1.88 bits per heavy atom. The van der Waals surface area contributed by atoms with Crippen LogP contribution in [0, 0.1) is 0 Å². The molecule has 5 N–H and O–H groups in total. The van der Waals surface area contributed by atoms with E-state index in [1.54, 1.807) is 0 Å². The fourth-order valence-corrected chi connectivity index (χ4v) is 2.98. The zero-order valence-electron chi connectivity index (χ0n) is 15.6. The molecular formula is C22H31NO3. The second kappa shape index (κ2) is 9.83. The zero-order valence-corrected chi connectivity index (χ0v) is 15.6. The van der Waals surface area contributed by atoms with Gasteiger partial charge in [0.05, 0.1) is 24.9 Å². The third-order valence-corrected chi connectivity index (χ3v) is 4.84. The summed E-state index contributed by atoms with van der Waals surface area (Å²) in [6.45, 7) is 1.47. The van der Waals surface area contributed by atoms with Crippen molar-refractivity contribution < 1.29 is 15.3 Å². The Kier molecular flexibility index (Phi) is 7.79. The van der Waals surface area contributed by atoms with Crippen LogP contribution in [0.5, 0.6) is 0 Å². The largest absolute Gasteiger partial charge is 0.394 e. The number of benzene rings is 2. The molecule has 1 atom stereocenters. The Bertz CT molecular complexity index is 648. The van der Waals surface area contributed by atoms with Crippen molar-refractivity contribution >= 4 is 0 Å². The predicted molar refractivity (Wildman–Crippen MR) is 105 cm³/mol. The molecule has 2 aromatic carbocycles. The molecule has 2 rings (SSSR count). The molecule has 0 aliphatic rings. The summed E-state index contributed by atoms with van der Waals surface area (Å²) in [5.41, 5.74) is 9.23. The molecule has 0 aliphatic heterocycles. The molecule has 0 heterocycles. The van der Waals surface area contributed by atoms with E-state index in [0.717, 1.165) is 18.4 Å². The second-order valence-corrected chi connectivity index (χ2v) is 7.24. The summed E-state index contributed by atoms with van der Waals surface area (Å²) < 4.78 is 0. The van der Waals surface area contributed by atoms with Crippen molar-refractivity contribution in [1.82, 2.24) is 0 Å². The Morgan fingerprint density at radius 1 is 0.885 bits per heavy atom. The lowest BCUT2D eigenvalue weighted by Crippen LogP contribution is -2.48. The molecule has 0 saturated heterocycles. The van der Waals surface area contributed by atoms with E-state index >= 15 is 0 Å². The van der Waals surface area contributed by atoms with Gasteiger partial charge in [-0.05, 0) is 47.9 Å². The average Bonchev–Trinajstić information content (AvgIpc) is 2.68. The van der Waals surface area contributed by atoms with Crippen molar-refractivity contribution in [1.29, 1.82) is 0 Å². The van der Waals surface area contributed by atoms with Gasteiger partial charge >= 0.3 is 0 Å². The van der Waals surface area contributed by atoms with Crippen LogP contribution in [-0.4, -0.2) is 34.1 Å². The minimum Gasteiger partial charge on any atom is -0.394 e. The number of hydrogen-bond acceptors (Lipinski definition) is 4. The van der Waals surface area contributed by atoms with Gasteiger partial charge in [-0.25, -0.2) is 0 Å². The highest BCUT2D eigenvalue weighted by atomic mass is 16.3. The molecule has 2 aromatic rings. The van der Waals surface area contributed by atoms with Crippen LogP contribution in [0.15, 0.2) is 48.5 Å². The van der Waals surface area contributed by atoms with Crippen LogP contribution in [0.1, 0.15) is 54.5 Å². The Hall–Kier alpha value is -1.72. The number of hydrogen-bond donors (Lipinski definition) is 4.